The van der Waals surface area contributed by atoms with Gasteiger partial charge in [-0.1, -0.05) is 36.5 Å². The Labute approximate surface area is 87.5 Å². The molecular weight excluding hydrogens is 211 g/mol. The highest BCUT2D eigenvalue weighted by Gasteiger charge is 2.08. The van der Waals surface area contributed by atoms with Gasteiger partial charge >= 0.3 is 0 Å². The maximum atomic E-state index is 5.72. The first-order chi connectivity index (χ1) is 6.22. The lowest BCUT2D eigenvalue weighted by atomic mass is 10.3. The molecule has 0 aromatic carbocycles. The molecular formula is C7H12Cl2N4. The molecule has 1 heterocycles. The average Bonchev–Trinajstić information content (AvgIpc) is 2.03. The Bertz CT molecular complexity index is 227. The van der Waals surface area contributed by atoms with E-state index in [0.29, 0.717) is 10.3 Å². The van der Waals surface area contributed by atoms with Crippen molar-refractivity contribution in [3.05, 3.63) is 11.2 Å². The third-order valence-corrected chi connectivity index (χ3v) is 1.82. The van der Waals surface area contributed by atoms with Crippen molar-refractivity contribution in [1.29, 1.82) is 0 Å². The van der Waals surface area contributed by atoms with E-state index in [1.807, 2.05) is 0 Å². The van der Waals surface area contributed by atoms with Crippen LogP contribution in [0.15, 0.2) is 16.3 Å². The van der Waals surface area contributed by atoms with Gasteiger partial charge in [0.05, 0.1) is 0 Å². The van der Waals surface area contributed by atoms with Gasteiger partial charge in [-0.2, -0.15) is 5.43 Å². The van der Waals surface area contributed by atoms with Crippen LogP contribution < -0.4 is 10.9 Å². The number of nitrogens with zero attached hydrogens (tertiary/aromatic N) is 2. The van der Waals surface area contributed by atoms with Crippen LogP contribution in [0.4, 0.5) is 0 Å². The highest BCUT2D eigenvalue weighted by atomic mass is 35.5. The lowest BCUT2D eigenvalue weighted by Crippen LogP contribution is -2.45. The minimum absolute atomic E-state index is 0.354. The molecule has 1 rings (SSSR count). The van der Waals surface area contributed by atoms with Gasteiger partial charge in [0.25, 0.3) is 0 Å². The van der Waals surface area contributed by atoms with Crippen LogP contribution in [0.2, 0.25) is 0 Å². The Hall–Kier alpha value is -0.450. The normalized spacial score (nSPS) is 16.4. The van der Waals surface area contributed by atoms with Crippen molar-refractivity contribution < 1.29 is 0 Å². The number of halogens is 2. The molecule has 4 nitrogen and oxygen atoms in total. The smallest absolute Gasteiger partial charge is 0.155 e. The molecule has 2 N–H and O–H groups in total. The summed E-state index contributed by atoms with van der Waals surface area (Å²) in [7, 11) is 0. The quantitative estimate of drug-likeness (QED) is 0.563. The maximum Gasteiger partial charge on any atom is 0.155 e. The second kappa shape index (κ2) is 5.32. The minimum Gasteiger partial charge on any atom is -0.256 e. The van der Waals surface area contributed by atoms with Crippen LogP contribution in [-0.2, 0) is 0 Å². The highest BCUT2D eigenvalue weighted by Crippen LogP contribution is 2.06. The van der Waals surface area contributed by atoms with Gasteiger partial charge in [-0.3, -0.25) is 5.43 Å². The van der Waals surface area contributed by atoms with Gasteiger partial charge in [0, 0.05) is 12.6 Å². The van der Waals surface area contributed by atoms with E-state index in [2.05, 4.69) is 22.9 Å². The summed E-state index contributed by atoms with van der Waals surface area (Å²) in [6.45, 7) is 2.95. The molecule has 13 heavy (non-hydrogen) atoms. The largest absolute Gasteiger partial charge is 0.256 e. The molecule has 0 radical (unpaired) electrons. The molecule has 74 valence electrons. The van der Waals surface area contributed by atoms with Crippen molar-refractivity contribution in [1.82, 2.24) is 16.1 Å². The molecule has 0 bridgehead atoms. The Balaban J connectivity index is 2.33. The third kappa shape index (κ3) is 3.85. The monoisotopic (exact) mass is 222 g/mol. The molecule has 0 fully saturated rings. The van der Waals surface area contributed by atoms with Crippen LogP contribution in [0.25, 0.3) is 0 Å². The fraction of sp³-hybridized carbons (Fsp3) is 0.571. The molecule has 0 spiro atoms. The van der Waals surface area contributed by atoms with Gasteiger partial charge in [-0.05, 0) is 6.42 Å². The second-order valence-electron chi connectivity index (χ2n) is 2.60. The number of unbranched alkanes of at least 4 members (excludes halogenated alkanes) is 1. The van der Waals surface area contributed by atoms with Crippen molar-refractivity contribution in [2.45, 2.75) is 19.8 Å². The first kappa shape index (κ1) is 10.6. The van der Waals surface area contributed by atoms with Gasteiger partial charge < -0.3 is 0 Å². The number of hydrogen-bond acceptors (Lipinski definition) is 4. The number of hydrazine groups is 2. The van der Waals surface area contributed by atoms with E-state index in [1.165, 1.54) is 5.23 Å². The molecule has 0 atom stereocenters. The lowest BCUT2D eigenvalue weighted by molar-refractivity contribution is 0.142. The van der Waals surface area contributed by atoms with Crippen molar-refractivity contribution in [3.63, 3.8) is 0 Å². The SMILES string of the molecule is CCCCNN1N=C(Cl)C=C(Cl)N1. The first-order valence-corrected chi connectivity index (χ1v) is 4.89. The van der Waals surface area contributed by atoms with Crippen molar-refractivity contribution in [2.75, 3.05) is 6.54 Å². The van der Waals surface area contributed by atoms with Crippen LogP contribution in [-0.4, -0.2) is 16.9 Å². The Morgan fingerprint density at radius 1 is 1.62 bits per heavy atom. The van der Waals surface area contributed by atoms with Crippen molar-refractivity contribution >= 4 is 28.4 Å². The van der Waals surface area contributed by atoms with Crippen LogP contribution in [0.1, 0.15) is 19.8 Å². The summed E-state index contributed by atoms with van der Waals surface area (Å²) in [6, 6.07) is 0. The number of nitrogens with one attached hydrogen (secondary N) is 2. The summed E-state index contributed by atoms with van der Waals surface area (Å²) in [6.07, 6.45) is 3.75. The zero-order chi connectivity index (χ0) is 9.68. The van der Waals surface area contributed by atoms with E-state index in [0.717, 1.165) is 19.4 Å². The highest BCUT2D eigenvalue weighted by molar-refractivity contribution is 6.69. The molecule has 0 amide bonds. The third-order valence-electron chi connectivity index (χ3n) is 1.45. The predicted molar refractivity (Wildman–Crippen MR) is 55.1 cm³/mol. The summed E-state index contributed by atoms with van der Waals surface area (Å²) in [5.74, 6) is 0. The molecule has 0 saturated heterocycles. The standard InChI is InChI=1S/C7H12Cl2N4/c1-2-3-4-10-13-11-6(8)5-7(9)12-13/h5,10-11H,2-4H2,1H3. The van der Waals surface area contributed by atoms with Crippen LogP contribution >= 0.6 is 23.2 Å². The summed E-state index contributed by atoms with van der Waals surface area (Å²) in [5, 5.41) is 6.16. The molecule has 0 aromatic heterocycles. The van der Waals surface area contributed by atoms with Crippen molar-refractivity contribution in [3.8, 4) is 0 Å². The van der Waals surface area contributed by atoms with E-state index in [4.69, 9.17) is 23.2 Å². The zero-order valence-electron chi connectivity index (χ0n) is 7.35. The summed E-state index contributed by atoms with van der Waals surface area (Å²) < 4.78 is 0. The molecule has 0 unspecified atom stereocenters. The fourth-order valence-electron chi connectivity index (χ4n) is 0.824. The summed E-state index contributed by atoms with van der Waals surface area (Å²) >= 11 is 11.4. The van der Waals surface area contributed by atoms with Crippen LogP contribution in [0.3, 0.4) is 0 Å². The first-order valence-electron chi connectivity index (χ1n) is 4.14. The average molecular weight is 223 g/mol. The number of hydrogen-bond donors (Lipinski definition) is 2. The van der Waals surface area contributed by atoms with Gasteiger partial charge in [-0.15, -0.1) is 10.3 Å². The lowest BCUT2D eigenvalue weighted by Gasteiger charge is -2.23. The maximum absolute atomic E-state index is 5.72. The number of hydrazone groups is 1. The van der Waals surface area contributed by atoms with Crippen molar-refractivity contribution in [2.24, 2.45) is 5.10 Å². The van der Waals surface area contributed by atoms with E-state index >= 15 is 0 Å². The fourth-order valence-corrected chi connectivity index (χ4v) is 1.25. The summed E-state index contributed by atoms with van der Waals surface area (Å²) in [4.78, 5) is 0. The molecule has 6 heteroatoms. The topological polar surface area (TPSA) is 39.7 Å². The van der Waals surface area contributed by atoms with E-state index < -0.39 is 0 Å². The molecule has 1 aliphatic rings. The Morgan fingerprint density at radius 2 is 2.38 bits per heavy atom. The number of allylic oxidation sites excluding steroid dienone is 1. The molecule has 1 aliphatic heterocycles. The number of rotatable bonds is 4. The Morgan fingerprint density at radius 3 is 3.00 bits per heavy atom. The van der Waals surface area contributed by atoms with Gasteiger partial charge in [0.15, 0.2) is 5.17 Å². The minimum atomic E-state index is 0.354. The van der Waals surface area contributed by atoms with Gasteiger partial charge in [0.2, 0.25) is 0 Å². The van der Waals surface area contributed by atoms with E-state index in [9.17, 15) is 0 Å². The molecule has 0 saturated carbocycles. The Kier molecular flexibility index (Phi) is 4.35. The predicted octanol–water partition coefficient (Wildman–Crippen LogP) is 1.74. The van der Waals surface area contributed by atoms with Gasteiger partial charge in [-0.25, -0.2) is 0 Å². The second-order valence-corrected chi connectivity index (χ2v) is 3.39. The van der Waals surface area contributed by atoms with E-state index in [1.54, 1.807) is 6.08 Å². The van der Waals surface area contributed by atoms with Crippen LogP contribution in [0.5, 0.6) is 0 Å². The van der Waals surface area contributed by atoms with E-state index in [-0.39, 0.29) is 0 Å². The zero-order valence-corrected chi connectivity index (χ0v) is 8.86. The molecule has 0 aromatic rings. The van der Waals surface area contributed by atoms with Crippen LogP contribution in [0, 0.1) is 0 Å². The van der Waals surface area contributed by atoms with Gasteiger partial charge in [0.1, 0.15) is 5.16 Å². The summed E-state index contributed by atoms with van der Waals surface area (Å²) in [5.41, 5.74) is 5.79. The molecule has 0 aliphatic carbocycles.